The zero-order chi connectivity index (χ0) is 8.55. The summed E-state index contributed by atoms with van der Waals surface area (Å²) in [6.07, 6.45) is 0.315. The molecule has 1 N–H and O–H groups in total. The van der Waals surface area contributed by atoms with E-state index in [0.29, 0.717) is 13.0 Å². The summed E-state index contributed by atoms with van der Waals surface area (Å²) in [7, 11) is 0. The number of halogens is 1. The first-order valence-corrected chi connectivity index (χ1v) is 4.67. The van der Waals surface area contributed by atoms with Crippen LogP contribution < -0.4 is 4.74 Å². The van der Waals surface area contributed by atoms with Gasteiger partial charge in [0.15, 0.2) is 0 Å². The predicted molar refractivity (Wildman–Crippen MR) is 49.2 cm³/mol. The highest BCUT2D eigenvalue weighted by molar-refractivity contribution is 9.10. The van der Waals surface area contributed by atoms with Crippen LogP contribution in [0.4, 0.5) is 0 Å². The van der Waals surface area contributed by atoms with Crippen molar-refractivity contribution in [3.05, 3.63) is 28.2 Å². The molecule has 1 unspecified atom stereocenters. The fraction of sp³-hybridized carbons (Fsp3) is 0.333. The molecule has 0 aliphatic carbocycles. The Labute approximate surface area is 79.3 Å². The van der Waals surface area contributed by atoms with E-state index in [2.05, 4.69) is 15.9 Å². The molecule has 0 saturated heterocycles. The smallest absolute Gasteiger partial charge is 0.125 e. The Balaban J connectivity index is 2.47. The van der Waals surface area contributed by atoms with Crippen LogP contribution in [-0.4, -0.2) is 11.7 Å². The number of ether oxygens (including phenoxy) is 1. The lowest BCUT2D eigenvalue weighted by Gasteiger charge is -2.21. The molecule has 1 aliphatic rings. The minimum absolute atomic E-state index is 0.369. The molecule has 0 radical (unpaired) electrons. The first kappa shape index (κ1) is 8.08. The van der Waals surface area contributed by atoms with Crippen LogP contribution in [-0.2, 0) is 0 Å². The van der Waals surface area contributed by atoms with E-state index in [9.17, 15) is 5.11 Å². The van der Waals surface area contributed by atoms with E-state index in [1.54, 1.807) is 0 Å². The third-order valence-electron chi connectivity index (χ3n) is 1.98. The maximum absolute atomic E-state index is 9.58. The Kier molecular flexibility index (Phi) is 2.07. The summed E-state index contributed by atoms with van der Waals surface area (Å²) in [5.74, 6) is 0.803. The van der Waals surface area contributed by atoms with Gasteiger partial charge >= 0.3 is 0 Å². The molecule has 1 heterocycles. The highest BCUT2D eigenvalue weighted by atomic mass is 79.9. The molecule has 1 aromatic carbocycles. The van der Waals surface area contributed by atoms with Crippen LogP contribution in [0.1, 0.15) is 18.1 Å². The van der Waals surface area contributed by atoms with Gasteiger partial charge < -0.3 is 9.84 Å². The fourth-order valence-corrected chi connectivity index (χ4v) is 1.73. The molecule has 1 atom stereocenters. The van der Waals surface area contributed by atoms with Crippen LogP contribution in [0.5, 0.6) is 5.75 Å². The summed E-state index contributed by atoms with van der Waals surface area (Å²) in [5, 5.41) is 9.58. The molecule has 64 valence electrons. The second kappa shape index (κ2) is 3.07. The summed E-state index contributed by atoms with van der Waals surface area (Å²) < 4.78 is 6.35. The van der Waals surface area contributed by atoms with Crippen molar-refractivity contribution in [2.24, 2.45) is 0 Å². The maximum Gasteiger partial charge on any atom is 0.125 e. The van der Waals surface area contributed by atoms with Crippen molar-refractivity contribution in [2.45, 2.75) is 12.5 Å². The quantitative estimate of drug-likeness (QED) is 0.739. The van der Waals surface area contributed by atoms with Crippen LogP contribution in [0.25, 0.3) is 0 Å². The van der Waals surface area contributed by atoms with Crippen molar-refractivity contribution in [3.8, 4) is 5.75 Å². The molecule has 12 heavy (non-hydrogen) atoms. The molecule has 3 heteroatoms. The van der Waals surface area contributed by atoms with Crippen LogP contribution >= 0.6 is 15.9 Å². The van der Waals surface area contributed by atoms with Crippen LogP contribution in [0.2, 0.25) is 0 Å². The van der Waals surface area contributed by atoms with E-state index >= 15 is 0 Å². The third-order valence-corrected chi connectivity index (χ3v) is 2.47. The van der Waals surface area contributed by atoms with E-state index in [4.69, 9.17) is 4.74 Å². The molecule has 0 spiro atoms. The molecular weight excluding hydrogens is 220 g/mol. The van der Waals surface area contributed by atoms with Gasteiger partial charge in [-0.1, -0.05) is 15.9 Å². The molecule has 0 aromatic heterocycles. The largest absolute Gasteiger partial charge is 0.493 e. The molecule has 1 aromatic rings. The summed E-state index contributed by atoms with van der Waals surface area (Å²) in [6, 6.07) is 5.69. The first-order chi connectivity index (χ1) is 5.77. The minimum Gasteiger partial charge on any atom is -0.493 e. The lowest BCUT2D eigenvalue weighted by molar-refractivity contribution is 0.115. The Morgan fingerprint density at radius 2 is 2.33 bits per heavy atom. The zero-order valence-corrected chi connectivity index (χ0v) is 8.04. The highest BCUT2D eigenvalue weighted by Gasteiger charge is 2.18. The SMILES string of the molecule is OC1CCOc2ccc(Br)cc21. The van der Waals surface area contributed by atoms with Gasteiger partial charge in [-0.25, -0.2) is 0 Å². The summed E-state index contributed by atoms with van der Waals surface area (Å²) >= 11 is 3.35. The van der Waals surface area contributed by atoms with Crippen molar-refractivity contribution in [2.75, 3.05) is 6.61 Å². The van der Waals surface area contributed by atoms with Gasteiger partial charge in [0, 0.05) is 16.5 Å². The highest BCUT2D eigenvalue weighted by Crippen LogP contribution is 2.33. The van der Waals surface area contributed by atoms with E-state index < -0.39 is 0 Å². The molecule has 0 bridgehead atoms. The average Bonchev–Trinajstić information content (AvgIpc) is 2.07. The Bertz CT molecular complexity index is 299. The van der Waals surface area contributed by atoms with Gasteiger partial charge in [0.05, 0.1) is 12.7 Å². The monoisotopic (exact) mass is 228 g/mol. The Morgan fingerprint density at radius 3 is 3.17 bits per heavy atom. The second-order valence-electron chi connectivity index (χ2n) is 2.84. The average molecular weight is 229 g/mol. The van der Waals surface area contributed by atoms with Crippen LogP contribution in [0, 0.1) is 0 Å². The first-order valence-electron chi connectivity index (χ1n) is 3.87. The van der Waals surface area contributed by atoms with Crippen molar-refractivity contribution < 1.29 is 9.84 Å². The van der Waals surface area contributed by atoms with E-state index in [0.717, 1.165) is 15.8 Å². The number of aliphatic hydroxyl groups excluding tert-OH is 1. The van der Waals surface area contributed by atoms with E-state index in [1.807, 2.05) is 18.2 Å². The topological polar surface area (TPSA) is 29.5 Å². The van der Waals surface area contributed by atoms with Crippen LogP contribution in [0.15, 0.2) is 22.7 Å². The fourth-order valence-electron chi connectivity index (χ4n) is 1.35. The van der Waals surface area contributed by atoms with Gasteiger partial charge in [-0.2, -0.15) is 0 Å². The van der Waals surface area contributed by atoms with Crippen molar-refractivity contribution >= 4 is 15.9 Å². The van der Waals surface area contributed by atoms with Gasteiger partial charge in [0.2, 0.25) is 0 Å². The third kappa shape index (κ3) is 1.34. The lowest BCUT2D eigenvalue weighted by Crippen LogP contribution is -2.13. The van der Waals surface area contributed by atoms with Gasteiger partial charge in [0.25, 0.3) is 0 Å². The summed E-state index contributed by atoms with van der Waals surface area (Å²) in [4.78, 5) is 0. The summed E-state index contributed by atoms with van der Waals surface area (Å²) in [6.45, 7) is 0.607. The number of hydrogen-bond acceptors (Lipinski definition) is 2. The normalized spacial score (nSPS) is 21.3. The molecular formula is C9H9BrO2. The molecule has 1 aliphatic heterocycles. The zero-order valence-electron chi connectivity index (χ0n) is 6.46. The lowest BCUT2D eigenvalue weighted by atomic mass is 10.0. The number of aliphatic hydroxyl groups is 1. The Hall–Kier alpha value is -0.540. The second-order valence-corrected chi connectivity index (χ2v) is 3.75. The van der Waals surface area contributed by atoms with Crippen LogP contribution in [0.3, 0.4) is 0 Å². The van der Waals surface area contributed by atoms with Gasteiger partial charge in [-0.3, -0.25) is 0 Å². The van der Waals surface area contributed by atoms with E-state index in [1.165, 1.54) is 0 Å². The van der Waals surface area contributed by atoms with Gasteiger partial charge in [0.1, 0.15) is 5.75 Å². The molecule has 0 amide bonds. The number of benzene rings is 1. The minimum atomic E-state index is -0.369. The number of fused-ring (bicyclic) bond motifs is 1. The number of hydrogen-bond donors (Lipinski definition) is 1. The summed E-state index contributed by atoms with van der Waals surface area (Å²) in [5.41, 5.74) is 0.885. The molecule has 2 nitrogen and oxygen atoms in total. The van der Waals surface area contributed by atoms with Crippen molar-refractivity contribution in [1.29, 1.82) is 0 Å². The maximum atomic E-state index is 9.58. The predicted octanol–water partition coefficient (Wildman–Crippen LogP) is 2.26. The molecule has 0 saturated carbocycles. The van der Waals surface area contributed by atoms with Gasteiger partial charge in [-0.15, -0.1) is 0 Å². The van der Waals surface area contributed by atoms with E-state index in [-0.39, 0.29) is 6.10 Å². The van der Waals surface area contributed by atoms with Gasteiger partial charge in [-0.05, 0) is 18.2 Å². The standard InChI is InChI=1S/C9H9BrO2/c10-6-1-2-9-7(5-6)8(11)3-4-12-9/h1-2,5,8,11H,3-4H2. The number of rotatable bonds is 0. The van der Waals surface area contributed by atoms with Crippen molar-refractivity contribution in [1.82, 2.24) is 0 Å². The Morgan fingerprint density at radius 1 is 1.50 bits per heavy atom. The van der Waals surface area contributed by atoms with Crippen molar-refractivity contribution in [3.63, 3.8) is 0 Å². The molecule has 2 rings (SSSR count). The molecule has 0 fully saturated rings.